The Hall–Kier alpha value is -3.40. The van der Waals surface area contributed by atoms with Gasteiger partial charge in [0.1, 0.15) is 16.1 Å². The van der Waals surface area contributed by atoms with Crippen molar-refractivity contribution in [2.24, 2.45) is 0 Å². The molecule has 0 unspecified atom stereocenters. The van der Waals surface area contributed by atoms with Crippen molar-refractivity contribution in [1.82, 2.24) is 0 Å². The molecule has 2 heterocycles. The van der Waals surface area contributed by atoms with Crippen LogP contribution < -0.4 is 11.3 Å². The lowest BCUT2D eigenvalue weighted by Crippen LogP contribution is -2.11. The Morgan fingerprint density at radius 3 is 1.65 bits per heavy atom. The van der Waals surface area contributed by atoms with Crippen LogP contribution in [0.3, 0.4) is 0 Å². The fourth-order valence-electron chi connectivity index (χ4n) is 2.86. The minimum Gasteiger partial charge on any atom is -0.505 e. The summed E-state index contributed by atoms with van der Waals surface area (Å²) in [4.78, 5) is 45.1. The highest BCUT2D eigenvalue weighted by molar-refractivity contribution is 6.40. The number of phenols is 2. The summed E-state index contributed by atoms with van der Waals surface area (Å²) < 4.78 is 23.1. The number of carbonyl (C=O) groups is 2. The van der Waals surface area contributed by atoms with Gasteiger partial charge in [-0.25, -0.2) is 9.59 Å². The van der Waals surface area contributed by atoms with Crippen molar-refractivity contribution in [2.75, 3.05) is 0 Å². The highest BCUT2D eigenvalue weighted by Crippen LogP contribution is 2.38. The first-order valence-corrected chi connectivity index (χ1v) is 10.3. The molecule has 0 aliphatic rings. The molecule has 176 valence electrons. The monoisotopic (exact) mass is 528 g/mol. The molecule has 2 aromatic heterocycles. The fraction of sp³-hybridized carbons (Fsp3) is 0.0909. The maximum Gasteiger partial charge on any atom is 0.347 e. The molecule has 0 atom stereocenters. The molecule has 4 aromatic rings. The van der Waals surface area contributed by atoms with E-state index in [1.165, 1.54) is 38.1 Å². The maximum absolute atomic E-state index is 13.5. The Morgan fingerprint density at radius 2 is 1.18 bits per heavy atom. The van der Waals surface area contributed by atoms with Crippen LogP contribution in [0.5, 0.6) is 11.5 Å². The Bertz CT molecular complexity index is 1500. The zero-order valence-corrected chi connectivity index (χ0v) is 19.4. The molecular formula is C22H12Cl3FO8. The van der Waals surface area contributed by atoms with Crippen LogP contribution in [0, 0.1) is 5.82 Å². The van der Waals surface area contributed by atoms with Gasteiger partial charge in [-0.1, -0.05) is 34.8 Å². The van der Waals surface area contributed by atoms with Gasteiger partial charge in [-0.3, -0.25) is 9.59 Å². The normalized spacial score (nSPS) is 10.8. The summed E-state index contributed by atoms with van der Waals surface area (Å²) in [6.07, 6.45) is 0. The second-order valence-corrected chi connectivity index (χ2v) is 8.08. The van der Waals surface area contributed by atoms with E-state index in [9.17, 15) is 33.8 Å². The Labute approximate surface area is 203 Å². The number of ketones is 2. The molecule has 0 radical (unpaired) electrons. The molecule has 4 rings (SSSR count). The molecule has 0 aliphatic heterocycles. The van der Waals surface area contributed by atoms with Crippen molar-refractivity contribution < 1.29 is 33.0 Å². The van der Waals surface area contributed by atoms with Crippen LogP contribution in [0.25, 0.3) is 21.9 Å². The van der Waals surface area contributed by atoms with E-state index in [-0.39, 0.29) is 42.9 Å². The van der Waals surface area contributed by atoms with Gasteiger partial charge in [0.2, 0.25) is 5.82 Å². The molecule has 8 nitrogen and oxygen atoms in total. The number of Topliss-reactive ketones (excluding diaryl/α,β-unsaturated/α-hetero) is 2. The summed E-state index contributed by atoms with van der Waals surface area (Å²) in [6.45, 7) is 2.44. The van der Waals surface area contributed by atoms with Gasteiger partial charge >= 0.3 is 11.3 Å². The van der Waals surface area contributed by atoms with Crippen LogP contribution in [0.15, 0.2) is 42.7 Å². The fourth-order valence-corrected chi connectivity index (χ4v) is 3.57. The zero-order chi connectivity index (χ0) is 25.5. The summed E-state index contributed by atoms with van der Waals surface area (Å²) in [6, 6.07) is 5.09. The van der Waals surface area contributed by atoms with Gasteiger partial charge in [0.05, 0.1) is 10.0 Å². The number of aromatic hydroxyl groups is 2. The smallest absolute Gasteiger partial charge is 0.347 e. The third kappa shape index (κ3) is 4.63. The first-order chi connectivity index (χ1) is 15.8. The third-order valence-corrected chi connectivity index (χ3v) is 5.47. The lowest BCUT2D eigenvalue weighted by Gasteiger charge is -2.04. The van der Waals surface area contributed by atoms with Crippen LogP contribution in [0.2, 0.25) is 15.1 Å². The van der Waals surface area contributed by atoms with Gasteiger partial charge < -0.3 is 19.0 Å². The van der Waals surface area contributed by atoms with Crippen molar-refractivity contribution in [3.8, 4) is 11.5 Å². The van der Waals surface area contributed by atoms with E-state index in [4.69, 9.17) is 39.2 Å². The minimum absolute atomic E-state index is 0.00330. The number of hydrogen-bond donors (Lipinski definition) is 2. The van der Waals surface area contributed by atoms with Crippen LogP contribution in [-0.4, -0.2) is 21.8 Å². The van der Waals surface area contributed by atoms with Crippen LogP contribution in [0.4, 0.5) is 4.39 Å². The molecule has 12 heteroatoms. The summed E-state index contributed by atoms with van der Waals surface area (Å²) in [7, 11) is 0. The number of fused-ring (bicyclic) bond motifs is 2. The average molecular weight is 530 g/mol. The number of carbonyl (C=O) groups excluding carboxylic acids is 2. The maximum atomic E-state index is 13.5. The van der Waals surface area contributed by atoms with Crippen molar-refractivity contribution in [3.63, 3.8) is 0 Å². The SMILES string of the molecule is CC(=O)c1cc2cc(Cl)c(O)c(Cl)c2oc1=O.CC(=O)c1cc2cc(Cl)c(O)c(F)c2oc1=O. The topological polar surface area (TPSA) is 135 Å². The zero-order valence-electron chi connectivity index (χ0n) is 17.2. The minimum atomic E-state index is -1.13. The molecule has 34 heavy (non-hydrogen) atoms. The van der Waals surface area contributed by atoms with Gasteiger partial charge in [-0.05, 0) is 38.1 Å². The number of rotatable bonds is 2. The molecule has 0 amide bonds. The van der Waals surface area contributed by atoms with Gasteiger partial charge in [0.25, 0.3) is 0 Å². The lowest BCUT2D eigenvalue weighted by atomic mass is 10.1. The van der Waals surface area contributed by atoms with E-state index in [2.05, 4.69) is 4.42 Å². The third-order valence-electron chi connectivity index (χ3n) is 4.54. The molecule has 2 aromatic carbocycles. The highest BCUT2D eigenvalue weighted by atomic mass is 35.5. The van der Waals surface area contributed by atoms with Gasteiger partial charge in [0.15, 0.2) is 34.2 Å². The van der Waals surface area contributed by atoms with E-state index < -0.39 is 40.0 Å². The Morgan fingerprint density at radius 1 is 0.765 bits per heavy atom. The van der Waals surface area contributed by atoms with Crippen LogP contribution in [0.1, 0.15) is 34.6 Å². The molecule has 0 saturated heterocycles. The van der Waals surface area contributed by atoms with E-state index in [1.807, 2.05) is 0 Å². The summed E-state index contributed by atoms with van der Waals surface area (Å²) >= 11 is 17.1. The molecule has 0 fully saturated rings. The number of hydrogen-bond acceptors (Lipinski definition) is 8. The number of benzene rings is 2. The summed E-state index contributed by atoms with van der Waals surface area (Å²) in [5, 5.41) is 18.9. The largest absolute Gasteiger partial charge is 0.505 e. The van der Waals surface area contributed by atoms with Crippen LogP contribution in [-0.2, 0) is 0 Å². The summed E-state index contributed by atoms with van der Waals surface area (Å²) in [5.74, 6) is -3.19. The van der Waals surface area contributed by atoms with Crippen molar-refractivity contribution >= 4 is 68.3 Å². The molecule has 0 spiro atoms. The van der Waals surface area contributed by atoms with Gasteiger partial charge in [-0.15, -0.1) is 0 Å². The number of halogens is 4. The second kappa shape index (κ2) is 9.46. The summed E-state index contributed by atoms with van der Waals surface area (Å²) in [5.41, 5.74) is -2.46. The van der Waals surface area contributed by atoms with Crippen molar-refractivity contribution in [3.05, 3.63) is 77.1 Å². The lowest BCUT2D eigenvalue weighted by molar-refractivity contribution is 0.100. The van der Waals surface area contributed by atoms with Gasteiger partial charge in [-0.2, -0.15) is 4.39 Å². The van der Waals surface area contributed by atoms with E-state index >= 15 is 0 Å². The molecule has 0 saturated carbocycles. The highest BCUT2D eigenvalue weighted by Gasteiger charge is 2.18. The predicted octanol–water partition coefficient (Wildman–Crippen LogP) is 5.50. The molecule has 2 N–H and O–H groups in total. The van der Waals surface area contributed by atoms with Crippen molar-refractivity contribution in [2.45, 2.75) is 13.8 Å². The average Bonchev–Trinajstić information content (AvgIpc) is 2.77. The number of phenolic OH excluding ortho intramolecular Hbond substituents is 2. The van der Waals surface area contributed by atoms with Crippen molar-refractivity contribution in [1.29, 1.82) is 0 Å². The quantitative estimate of drug-likeness (QED) is 0.257. The van der Waals surface area contributed by atoms with Gasteiger partial charge in [0, 0.05) is 10.8 Å². The Balaban J connectivity index is 0.000000191. The Kier molecular flexibility index (Phi) is 7.02. The predicted molar refractivity (Wildman–Crippen MR) is 123 cm³/mol. The standard InChI is InChI=1S/C11H6Cl2O4.C11H6ClFO4/c2*1-4(14)6-2-5-3-7(12)9(15)8(13)10(5)17-11(6)16/h2*2-3,15H,1H3. The van der Waals surface area contributed by atoms with E-state index in [0.29, 0.717) is 5.39 Å². The molecular weight excluding hydrogens is 518 g/mol. The van der Waals surface area contributed by atoms with Crippen LogP contribution >= 0.6 is 34.8 Å². The van der Waals surface area contributed by atoms with E-state index in [1.54, 1.807) is 0 Å². The molecule has 0 aliphatic carbocycles. The first-order valence-electron chi connectivity index (χ1n) is 9.15. The first kappa shape index (κ1) is 25.2. The van der Waals surface area contributed by atoms with E-state index in [0.717, 1.165) is 0 Å². The second-order valence-electron chi connectivity index (χ2n) is 6.89. The molecule has 0 bridgehead atoms.